The van der Waals surface area contributed by atoms with Gasteiger partial charge in [-0.1, -0.05) is 6.92 Å². The van der Waals surface area contributed by atoms with Crippen LogP contribution in [0.3, 0.4) is 0 Å². The van der Waals surface area contributed by atoms with Crippen LogP contribution in [0, 0.1) is 5.82 Å². The highest BCUT2D eigenvalue weighted by molar-refractivity contribution is 5.83. The van der Waals surface area contributed by atoms with Gasteiger partial charge in [-0.15, -0.1) is 0 Å². The first-order valence-corrected chi connectivity index (χ1v) is 6.77. The molecular formula is C15H19FN2. The number of nitrogens with one attached hydrogen (secondary N) is 1. The van der Waals surface area contributed by atoms with Crippen LogP contribution >= 0.6 is 0 Å². The Bertz CT molecular complexity index is 546. The topological polar surface area (TPSA) is 19.0 Å². The summed E-state index contributed by atoms with van der Waals surface area (Å²) in [5.74, 6) is -0.151. The smallest absolute Gasteiger partial charge is 0.123 e. The molecule has 3 heteroatoms. The summed E-state index contributed by atoms with van der Waals surface area (Å²) in [5, 5.41) is 1.04. The van der Waals surface area contributed by atoms with Crippen molar-refractivity contribution in [1.82, 2.24) is 9.88 Å². The lowest BCUT2D eigenvalue weighted by molar-refractivity contribution is 0.266. The van der Waals surface area contributed by atoms with Crippen molar-refractivity contribution >= 4 is 10.9 Å². The van der Waals surface area contributed by atoms with Crippen molar-refractivity contribution in [2.75, 3.05) is 13.1 Å². The molecule has 0 aliphatic carbocycles. The van der Waals surface area contributed by atoms with Crippen molar-refractivity contribution in [2.24, 2.45) is 0 Å². The lowest BCUT2D eigenvalue weighted by Gasteiger charge is -2.22. The van der Waals surface area contributed by atoms with Crippen molar-refractivity contribution in [3.05, 3.63) is 35.8 Å². The zero-order valence-corrected chi connectivity index (χ0v) is 10.7. The number of hydrogen-bond acceptors (Lipinski definition) is 1. The molecule has 18 heavy (non-hydrogen) atoms. The Labute approximate surface area is 107 Å². The lowest BCUT2D eigenvalue weighted by atomic mass is 10.0. The van der Waals surface area contributed by atoms with Gasteiger partial charge in [-0.25, -0.2) is 4.39 Å². The first-order chi connectivity index (χ1) is 8.78. The summed E-state index contributed by atoms with van der Waals surface area (Å²) in [4.78, 5) is 5.76. The molecule has 0 radical (unpaired) electrons. The van der Waals surface area contributed by atoms with Gasteiger partial charge in [0.1, 0.15) is 5.82 Å². The minimum atomic E-state index is -0.151. The summed E-state index contributed by atoms with van der Waals surface area (Å²) in [7, 11) is 0. The number of hydrogen-bond donors (Lipinski definition) is 1. The molecule has 1 aromatic heterocycles. The van der Waals surface area contributed by atoms with Gasteiger partial charge in [0, 0.05) is 23.1 Å². The monoisotopic (exact) mass is 246 g/mol. The number of nitrogens with zero attached hydrogens (tertiary/aromatic N) is 1. The predicted octanol–water partition coefficient (Wildman–Crippen LogP) is 3.33. The third-order valence-corrected chi connectivity index (χ3v) is 4.09. The van der Waals surface area contributed by atoms with Crippen molar-refractivity contribution in [1.29, 1.82) is 0 Å². The van der Waals surface area contributed by atoms with Crippen molar-refractivity contribution in [3.63, 3.8) is 0 Å². The molecular weight excluding hydrogens is 227 g/mol. The quantitative estimate of drug-likeness (QED) is 0.880. The fourth-order valence-electron chi connectivity index (χ4n) is 3.12. The Morgan fingerprint density at radius 3 is 3.17 bits per heavy atom. The molecule has 2 heterocycles. The van der Waals surface area contributed by atoms with Crippen LogP contribution in [0.1, 0.15) is 25.3 Å². The number of aromatic nitrogens is 1. The number of rotatable bonds is 3. The number of aromatic amines is 1. The summed E-state index contributed by atoms with van der Waals surface area (Å²) < 4.78 is 13.3. The largest absolute Gasteiger partial charge is 0.361 e. The van der Waals surface area contributed by atoms with Crippen LogP contribution in [0.25, 0.3) is 10.9 Å². The van der Waals surface area contributed by atoms with E-state index in [1.54, 1.807) is 6.07 Å². The molecule has 3 rings (SSSR count). The van der Waals surface area contributed by atoms with Gasteiger partial charge in [-0.05, 0) is 56.1 Å². The summed E-state index contributed by atoms with van der Waals surface area (Å²) in [6.07, 6.45) is 5.61. The van der Waals surface area contributed by atoms with Crippen LogP contribution in [0.15, 0.2) is 24.4 Å². The molecule has 96 valence electrons. The number of benzene rings is 1. The van der Waals surface area contributed by atoms with Crippen LogP contribution in [-0.4, -0.2) is 29.0 Å². The van der Waals surface area contributed by atoms with Gasteiger partial charge in [0.25, 0.3) is 0 Å². The van der Waals surface area contributed by atoms with Crippen LogP contribution < -0.4 is 0 Å². The summed E-state index contributed by atoms with van der Waals surface area (Å²) in [6, 6.07) is 5.60. The molecule has 0 amide bonds. The van der Waals surface area contributed by atoms with E-state index < -0.39 is 0 Å². The molecule has 1 aliphatic heterocycles. The zero-order chi connectivity index (χ0) is 12.5. The van der Waals surface area contributed by atoms with Crippen LogP contribution in [0.4, 0.5) is 4.39 Å². The first kappa shape index (κ1) is 11.7. The van der Waals surface area contributed by atoms with E-state index in [2.05, 4.69) is 16.8 Å². The first-order valence-electron chi connectivity index (χ1n) is 6.77. The van der Waals surface area contributed by atoms with E-state index in [0.29, 0.717) is 6.04 Å². The molecule has 0 spiro atoms. The van der Waals surface area contributed by atoms with Gasteiger partial charge in [-0.2, -0.15) is 0 Å². The fourth-order valence-corrected chi connectivity index (χ4v) is 3.12. The predicted molar refractivity (Wildman–Crippen MR) is 72.2 cm³/mol. The Balaban J connectivity index is 1.88. The SMILES string of the molecule is CCN1CCC[C@@H]1Cc1c[nH]c2ccc(F)cc12. The van der Waals surface area contributed by atoms with Gasteiger partial charge in [0.05, 0.1) is 0 Å². The van der Waals surface area contributed by atoms with E-state index in [1.165, 1.54) is 31.0 Å². The Hall–Kier alpha value is -1.35. The Morgan fingerprint density at radius 1 is 1.44 bits per heavy atom. The second-order valence-electron chi connectivity index (χ2n) is 5.13. The Kier molecular flexibility index (Phi) is 3.08. The molecule has 0 saturated carbocycles. The maximum Gasteiger partial charge on any atom is 0.123 e. The van der Waals surface area contributed by atoms with Crippen LogP contribution in [0.2, 0.25) is 0 Å². The molecule has 1 saturated heterocycles. The minimum Gasteiger partial charge on any atom is -0.361 e. The maximum atomic E-state index is 13.3. The molecule has 2 nitrogen and oxygen atoms in total. The molecule has 1 fully saturated rings. The third kappa shape index (κ3) is 2.03. The third-order valence-electron chi connectivity index (χ3n) is 4.09. The van der Waals surface area contributed by atoms with Gasteiger partial charge in [-0.3, -0.25) is 0 Å². The molecule has 0 unspecified atom stereocenters. The zero-order valence-electron chi connectivity index (χ0n) is 10.7. The molecule has 0 bridgehead atoms. The molecule has 1 aliphatic rings. The fraction of sp³-hybridized carbons (Fsp3) is 0.467. The van der Waals surface area contributed by atoms with Gasteiger partial charge in [0.2, 0.25) is 0 Å². The average molecular weight is 246 g/mol. The van der Waals surface area contributed by atoms with E-state index in [9.17, 15) is 4.39 Å². The number of halogens is 1. The van der Waals surface area contributed by atoms with Crippen LogP contribution in [0.5, 0.6) is 0 Å². The van der Waals surface area contributed by atoms with Gasteiger partial charge in [0.15, 0.2) is 0 Å². The van der Waals surface area contributed by atoms with E-state index in [-0.39, 0.29) is 5.82 Å². The van der Waals surface area contributed by atoms with Gasteiger partial charge < -0.3 is 9.88 Å². The molecule has 2 aromatic rings. The molecule has 1 N–H and O–H groups in total. The van der Waals surface area contributed by atoms with Crippen LogP contribution in [-0.2, 0) is 6.42 Å². The van der Waals surface area contributed by atoms with Crippen molar-refractivity contribution < 1.29 is 4.39 Å². The van der Waals surface area contributed by atoms with Crippen molar-refractivity contribution in [2.45, 2.75) is 32.2 Å². The number of likely N-dealkylation sites (tertiary alicyclic amines) is 1. The van der Waals surface area contributed by atoms with Gasteiger partial charge >= 0.3 is 0 Å². The molecule has 1 aromatic carbocycles. The standard InChI is InChI=1S/C15H19FN2/c1-2-18-7-3-4-13(18)8-11-10-17-15-6-5-12(16)9-14(11)15/h5-6,9-10,13,17H,2-4,7-8H2,1H3/t13-/m1/s1. The summed E-state index contributed by atoms with van der Waals surface area (Å²) in [5.41, 5.74) is 2.28. The second kappa shape index (κ2) is 4.73. The highest BCUT2D eigenvalue weighted by atomic mass is 19.1. The number of fused-ring (bicyclic) bond motifs is 1. The average Bonchev–Trinajstić information content (AvgIpc) is 2.97. The number of H-pyrrole nitrogens is 1. The lowest BCUT2D eigenvalue weighted by Crippen LogP contribution is -2.30. The highest BCUT2D eigenvalue weighted by Gasteiger charge is 2.23. The second-order valence-corrected chi connectivity index (χ2v) is 5.13. The normalized spacial score (nSPS) is 20.9. The van der Waals surface area contributed by atoms with E-state index >= 15 is 0 Å². The maximum absolute atomic E-state index is 13.3. The van der Waals surface area contributed by atoms with Crippen molar-refractivity contribution in [3.8, 4) is 0 Å². The van der Waals surface area contributed by atoms with E-state index in [1.807, 2.05) is 12.3 Å². The van der Waals surface area contributed by atoms with E-state index in [0.717, 1.165) is 23.9 Å². The number of likely N-dealkylation sites (N-methyl/N-ethyl adjacent to an activating group) is 1. The van der Waals surface area contributed by atoms with E-state index in [4.69, 9.17) is 0 Å². The summed E-state index contributed by atoms with van der Waals surface area (Å²) in [6.45, 7) is 4.53. The molecule has 1 atom stereocenters. The summed E-state index contributed by atoms with van der Waals surface area (Å²) >= 11 is 0. The Morgan fingerprint density at radius 2 is 2.33 bits per heavy atom. The highest BCUT2D eigenvalue weighted by Crippen LogP contribution is 2.25. The minimum absolute atomic E-state index is 0.151.